The smallest absolute Gasteiger partial charge is 0.272 e. The van der Waals surface area contributed by atoms with Gasteiger partial charge in [0.15, 0.2) is 5.82 Å². The van der Waals surface area contributed by atoms with Gasteiger partial charge < -0.3 is 10.6 Å². The van der Waals surface area contributed by atoms with E-state index in [9.17, 15) is 19.3 Å². The Kier molecular flexibility index (Phi) is 3.94. The summed E-state index contributed by atoms with van der Waals surface area (Å²) < 4.78 is 13.7. The molecule has 1 unspecified atom stereocenters. The molecule has 0 radical (unpaired) electrons. The number of non-ortho nitro benzene ring substituents is 1. The minimum Gasteiger partial charge on any atom is -0.379 e. The normalized spacial score (nSPS) is 19.4. The number of hydrogen-bond acceptors (Lipinski definition) is 4. The molecular weight excluding hydrogens is 253 g/mol. The number of nitro groups is 1. The summed E-state index contributed by atoms with van der Waals surface area (Å²) in [6.45, 7) is 0.625. The van der Waals surface area contributed by atoms with Gasteiger partial charge in [0.1, 0.15) is 0 Å². The van der Waals surface area contributed by atoms with Crippen molar-refractivity contribution < 1.29 is 14.1 Å². The van der Waals surface area contributed by atoms with Gasteiger partial charge in [-0.1, -0.05) is 0 Å². The monoisotopic (exact) mass is 267 g/mol. The number of rotatable bonds is 3. The molecule has 1 heterocycles. The summed E-state index contributed by atoms with van der Waals surface area (Å²) >= 11 is 0. The molecule has 1 fully saturated rings. The van der Waals surface area contributed by atoms with Crippen molar-refractivity contribution in [2.45, 2.75) is 25.3 Å². The van der Waals surface area contributed by atoms with Crippen molar-refractivity contribution in [2.24, 2.45) is 0 Å². The van der Waals surface area contributed by atoms with E-state index in [1.54, 1.807) is 0 Å². The van der Waals surface area contributed by atoms with Gasteiger partial charge in [-0.2, -0.15) is 0 Å². The first-order chi connectivity index (χ1) is 9.06. The molecule has 1 amide bonds. The van der Waals surface area contributed by atoms with Gasteiger partial charge in [-0.3, -0.25) is 14.9 Å². The zero-order chi connectivity index (χ0) is 13.8. The summed E-state index contributed by atoms with van der Waals surface area (Å²) in [6.07, 6.45) is 1.84. The molecule has 0 bridgehead atoms. The molecule has 2 rings (SSSR count). The number of nitro benzene ring substituents is 1. The van der Waals surface area contributed by atoms with Crippen LogP contribution in [-0.2, 0) is 4.79 Å². The molecule has 1 aliphatic rings. The lowest BCUT2D eigenvalue weighted by atomic mass is 10.1. The topological polar surface area (TPSA) is 84.3 Å². The number of benzene rings is 1. The lowest BCUT2D eigenvalue weighted by molar-refractivity contribution is -0.385. The molecule has 1 aromatic rings. The van der Waals surface area contributed by atoms with Crippen LogP contribution in [0.5, 0.6) is 0 Å². The standard InChI is InChI=1S/C12H14FN3O3/c13-10-7-9(16(18)19)3-4-11(10)15-8-2-1-5-14-12(17)6-8/h3-4,7-8,15H,1-2,5-6H2,(H,14,17). The van der Waals surface area contributed by atoms with Gasteiger partial charge in [-0.15, -0.1) is 0 Å². The Bertz CT molecular complexity index is 507. The third-order valence-electron chi connectivity index (χ3n) is 3.01. The van der Waals surface area contributed by atoms with Crippen LogP contribution in [0.1, 0.15) is 19.3 Å². The van der Waals surface area contributed by atoms with E-state index < -0.39 is 10.7 Å². The first-order valence-corrected chi connectivity index (χ1v) is 6.03. The average Bonchev–Trinajstić information content (AvgIpc) is 2.56. The minimum absolute atomic E-state index is 0.0719. The van der Waals surface area contributed by atoms with Crippen LogP contribution in [0.3, 0.4) is 0 Å². The summed E-state index contributed by atoms with van der Waals surface area (Å²) in [6, 6.07) is 3.29. The second-order valence-corrected chi connectivity index (χ2v) is 4.46. The quantitative estimate of drug-likeness (QED) is 0.646. The highest BCUT2D eigenvalue weighted by atomic mass is 19.1. The molecule has 0 saturated carbocycles. The summed E-state index contributed by atoms with van der Waals surface area (Å²) in [7, 11) is 0. The molecule has 1 aliphatic heterocycles. The van der Waals surface area contributed by atoms with Crippen molar-refractivity contribution in [2.75, 3.05) is 11.9 Å². The molecule has 19 heavy (non-hydrogen) atoms. The molecule has 1 aromatic carbocycles. The molecule has 0 aromatic heterocycles. The van der Waals surface area contributed by atoms with Crippen molar-refractivity contribution in [1.82, 2.24) is 5.32 Å². The lowest BCUT2D eigenvalue weighted by Crippen LogP contribution is -2.27. The molecule has 0 aliphatic carbocycles. The summed E-state index contributed by atoms with van der Waals surface area (Å²) in [4.78, 5) is 21.2. The zero-order valence-corrected chi connectivity index (χ0v) is 10.2. The van der Waals surface area contributed by atoms with Gasteiger partial charge in [0.05, 0.1) is 16.7 Å². The number of nitrogens with zero attached hydrogens (tertiary/aromatic N) is 1. The van der Waals surface area contributed by atoms with E-state index in [4.69, 9.17) is 0 Å². The fourth-order valence-corrected chi connectivity index (χ4v) is 2.05. The van der Waals surface area contributed by atoms with E-state index in [0.717, 1.165) is 18.9 Å². The molecular formula is C12H14FN3O3. The van der Waals surface area contributed by atoms with Crippen LogP contribution in [0.2, 0.25) is 0 Å². The van der Waals surface area contributed by atoms with Gasteiger partial charge in [0.25, 0.3) is 5.69 Å². The van der Waals surface area contributed by atoms with Crippen LogP contribution in [0, 0.1) is 15.9 Å². The zero-order valence-electron chi connectivity index (χ0n) is 10.2. The van der Waals surface area contributed by atoms with Crippen molar-refractivity contribution >= 4 is 17.3 Å². The van der Waals surface area contributed by atoms with Gasteiger partial charge in [0.2, 0.25) is 5.91 Å². The van der Waals surface area contributed by atoms with E-state index in [1.807, 2.05) is 0 Å². The third kappa shape index (κ3) is 3.40. The van der Waals surface area contributed by atoms with Crippen LogP contribution >= 0.6 is 0 Å². The van der Waals surface area contributed by atoms with Crippen molar-refractivity contribution in [1.29, 1.82) is 0 Å². The van der Waals surface area contributed by atoms with Crippen LogP contribution in [0.15, 0.2) is 18.2 Å². The Morgan fingerprint density at radius 2 is 2.26 bits per heavy atom. The number of carbonyl (C=O) groups is 1. The SMILES string of the molecule is O=C1CC(Nc2ccc([N+](=O)[O-])cc2F)CCCN1. The Morgan fingerprint density at radius 1 is 1.47 bits per heavy atom. The summed E-state index contributed by atoms with van der Waals surface area (Å²) in [5.74, 6) is -0.754. The number of amides is 1. The number of hydrogen-bond donors (Lipinski definition) is 2. The minimum atomic E-state index is -0.682. The van der Waals surface area contributed by atoms with Crippen LogP contribution < -0.4 is 10.6 Å². The largest absolute Gasteiger partial charge is 0.379 e. The predicted octanol–water partition coefficient (Wildman–Crippen LogP) is 1.81. The van der Waals surface area contributed by atoms with Crippen molar-refractivity contribution in [3.05, 3.63) is 34.1 Å². The Balaban J connectivity index is 2.10. The van der Waals surface area contributed by atoms with Crippen LogP contribution in [-0.4, -0.2) is 23.4 Å². The van der Waals surface area contributed by atoms with E-state index in [0.29, 0.717) is 6.54 Å². The van der Waals surface area contributed by atoms with E-state index in [1.165, 1.54) is 12.1 Å². The highest BCUT2D eigenvalue weighted by Crippen LogP contribution is 2.22. The van der Waals surface area contributed by atoms with Gasteiger partial charge in [-0.25, -0.2) is 4.39 Å². The molecule has 0 spiro atoms. The molecule has 102 valence electrons. The van der Waals surface area contributed by atoms with Crippen LogP contribution in [0.25, 0.3) is 0 Å². The first-order valence-electron chi connectivity index (χ1n) is 6.03. The van der Waals surface area contributed by atoms with Gasteiger partial charge in [0, 0.05) is 25.1 Å². The van der Waals surface area contributed by atoms with E-state index >= 15 is 0 Å². The van der Waals surface area contributed by atoms with Crippen molar-refractivity contribution in [3.63, 3.8) is 0 Å². The maximum Gasteiger partial charge on any atom is 0.272 e. The molecule has 2 N–H and O–H groups in total. The Labute approximate surface area is 109 Å². The molecule has 6 nitrogen and oxygen atoms in total. The maximum atomic E-state index is 13.7. The molecule has 1 saturated heterocycles. The van der Waals surface area contributed by atoms with E-state index in [-0.39, 0.29) is 29.7 Å². The molecule has 1 atom stereocenters. The first kappa shape index (κ1) is 13.3. The third-order valence-corrected chi connectivity index (χ3v) is 3.01. The number of nitrogens with one attached hydrogen (secondary N) is 2. The lowest BCUT2D eigenvalue weighted by Gasteiger charge is -2.16. The fourth-order valence-electron chi connectivity index (χ4n) is 2.05. The average molecular weight is 267 g/mol. The predicted molar refractivity (Wildman–Crippen MR) is 67.3 cm³/mol. The number of carbonyl (C=O) groups excluding carboxylic acids is 1. The number of halogens is 1. The summed E-state index contributed by atoms with van der Waals surface area (Å²) in [5, 5.41) is 16.2. The fraction of sp³-hybridized carbons (Fsp3) is 0.417. The summed E-state index contributed by atoms with van der Waals surface area (Å²) in [5.41, 5.74) is -0.105. The number of anilines is 1. The Morgan fingerprint density at radius 3 is 2.95 bits per heavy atom. The highest BCUT2D eigenvalue weighted by molar-refractivity contribution is 5.77. The van der Waals surface area contributed by atoms with Gasteiger partial charge in [-0.05, 0) is 18.9 Å². The second kappa shape index (κ2) is 5.64. The van der Waals surface area contributed by atoms with E-state index in [2.05, 4.69) is 10.6 Å². The van der Waals surface area contributed by atoms with Gasteiger partial charge >= 0.3 is 0 Å². The molecule has 7 heteroatoms. The Hall–Kier alpha value is -2.18. The highest BCUT2D eigenvalue weighted by Gasteiger charge is 2.19. The van der Waals surface area contributed by atoms with Crippen LogP contribution in [0.4, 0.5) is 15.8 Å². The van der Waals surface area contributed by atoms with Crippen molar-refractivity contribution in [3.8, 4) is 0 Å². The maximum absolute atomic E-state index is 13.7. The second-order valence-electron chi connectivity index (χ2n) is 4.46.